The maximum absolute atomic E-state index is 6.36. The summed E-state index contributed by atoms with van der Waals surface area (Å²) in [6.07, 6.45) is 0. The average molecular weight is 366 g/mol. The van der Waals surface area contributed by atoms with E-state index in [0.29, 0.717) is 28.3 Å². The Balaban J connectivity index is 1.96. The van der Waals surface area contributed by atoms with Crippen LogP contribution in [0.25, 0.3) is 32.7 Å². The Labute approximate surface area is 161 Å². The van der Waals surface area contributed by atoms with Gasteiger partial charge in [0, 0.05) is 11.1 Å². The third-order valence-electron chi connectivity index (χ3n) is 4.85. The summed E-state index contributed by atoms with van der Waals surface area (Å²) in [7, 11) is 0. The van der Waals surface area contributed by atoms with E-state index < -0.39 is 0 Å². The Bertz CT molecular complexity index is 1360. The van der Waals surface area contributed by atoms with Gasteiger partial charge in [0.25, 0.3) is 0 Å². The van der Waals surface area contributed by atoms with E-state index in [9.17, 15) is 0 Å². The molecule has 28 heavy (non-hydrogen) atoms. The van der Waals surface area contributed by atoms with Gasteiger partial charge in [-0.3, -0.25) is 0 Å². The largest absolute Gasteiger partial charge is 0.457 e. The topological polar surface area (TPSA) is 74.4 Å². The second kappa shape index (κ2) is 6.35. The average Bonchev–Trinajstić information content (AvgIpc) is 2.75. The minimum atomic E-state index is 0.576. The molecule has 0 aliphatic rings. The molecular weight excluding hydrogens is 348 g/mol. The minimum absolute atomic E-state index is 0.576. The first-order valence-corrected chi connectivity index (χ1v) is 9.02. The van der Waals surface area contributed by atoms with Crippen LogP contribution in [0, 0.1) is 0 Å². The number of hydrogen-bond donors (Lipinski definition) is 2. The molecule has 0 saturated heterocycles. The maximum Gasteiger partial charge on any atom is 0.150 e. The molecule has 5 rings (SSSR count). The van der Waals surface area contributed by atoms with E-state index in [4.69, 9.17) is 20.6 Å². The van der Waals surface area contributed by atoms with E-state index in [1.807, 2.05) is 78.9 Å². The quantitative estimate of drug-likeness (QED) is 0.362. The Morgan fingerprint density at radius 2 is 1.39 bits per heavy atom. The van der Waals surface area contributed by atoms with Crippen LogP contribution in [0.5, 0.6) is 11.5 Å². The highest BCUT2D eigenvalue weighted by molar-refractivity contribution is 6.08. The van der Waals surface area contributed by atoms with Crippen molar-refractivity contribution in [1.82, 2.24) is 0 Å². The Morgan fingerprint density at radius 3 is 2.21 bits per heavy atom. The lowest BCUT2D eigenvalue weighted by atomic mass is 10.1. The van der Waals surface area contributed by atoms with Gasteiger partial charge in [0.15, 0.2) is 5.58 Å². The van der Waals surface area contributed by atoms with Crippen molar-refractivity contribution in [3.05, 3.63) is 84.9 Å². The number of benzene rings is 4. The molecule has 4 heteroatoms. The van der Waals surface area contributed by atoms with Gasteiger partial charge < -0.3 is 20.6 Å². The summed E-state index contributed by atoms with van der Waals surface area (Å²) in [5, 5.41) is 3.72. The number of para-hydroxylation sites is 1. The van der Waals surface area contributed by atoms with E-state index in [1.54, 1.807) is 0 Å². The molecule has 1 aromatic heterocycles. The lowest BCUT2D eigenvalue weighted by molar-refractivity contribution is 0.488. The summed E-state index contributed by atoms with van der Waals surface area (Å²) in [4.78, 5) is 0. The van der Waals surface area contributed by atoms with Crippen molar-refractivity contribution in [2.75, 3.05) is 11.5 Å². The van der Waals surface area contributed by atoms with Crippen molar-refractivity contribution in [1.29, 1.82) is 0 Å². The van der Waals surface area contributed by atoms with Crippen LogP contribution in [0.3, 0.4) is 0 Å². The van der Waals surface area contributed by atoms with Gasteiger partial charge in [-0.1, -0.05) is 36.4 Å². The van der Waals surface area contributed by atoms with Crippen molar-refractivity contribution in [3.8, 4) is 11.5 Å². The van der Waals surface area contributed by atoms with Crippen molar-refractivity contribution in [2.45, 2.75) is 0 Å². The predicted octanol–water partition coefficient (Wildman–Crippen LogP) is 6.26. The van der Waals surface area contributed by atoms with Crippen molar-refractivity contribution < 1.29 is 9.15 Å². The van der Waals surface area contributed by atoms with Crippen LogP contribution in [0.4, 0.5) is 11.4 Å². The van der Waals surface area contributed by atoms with Gasteiger partial charge in [0.1, 0.15) is 17.1 Å². The molecule has 4 bridgehead atoms. The summed E-state index contributed by atoms with van der Waals surface area (Å²) in [6.45, 7) is 0. The third-order valence-corrected chi connectivity index (χ3v) is 4.85. The number of ether oxygens (including phenoxy) is 1. The molecule has 0 amide bonds. The van der Waals surface area contributed by atoms with Gasteiger partial charge in [0.2, 0.25) is 0 Å². The van der Waals surface area contributed by atoms with Gasteiger partial charge >= 0.3 is 0 Å². The van der Waals surface area contributed by atoms with Gasteiger partial charge in [-0.15, -0.1) is 0 Å². The molecule has 0 aliphatic heterocycles. The molecular formula is C24H18N2O2. The Kier molecular flexibility index (Phi) is 3.69. The number of rotatable bonds is 2. The van der Waals surface area contributed by atoms with Crippen LogP contribution in [0.1, 0.15) is 0 Å². The molecule has 4 N–H and O–H groups in total. The van der Waals surface area contributed by atoms with Crippen LogP contribution in [0.15, 0.2) is 89.3 Å². The summed E-state index contributed by atoms with van der Waals surface area (Å²) < 4.78 is 12.4. The Morgan fingerprint density at radius 1 is 0.643 bits per heavy atom. The lowest BCUT2D eigenvalue weighted by Crippen LogP contribution is -1.89. The zero-order chi connectivity index (χ0) is 19.1. The standard InChI is InChI=1S/C24H18N2O2/c25-19-11-9-15-13-18(19)24-21(27-17-5-2-1-3-6-17)7-4-8-22(24)28-23-14-16(15)10-12-20(23)26/h1-14H,25-26H2. The first-order valence-electron chi connectivity index (χ1n) is 9.02. The number of nitrogen functional groups attached to an aromatic ring is 2. The number of fused-ring (bicyclic) bond motifs is 7. The van der Waals surface area contributed by atoms with E-state index >= 15 is 0 Å². The number of nitrogens with two attached hydrogens (primary N) is 2. The van der Waals surface area contributed by atoms with E-state index in [2.05, 4.69) is 6.07 Å². The molecule has 0 fully saturated rings. The zero-order valence-electron chi connectivity index (χ0n) is 15.1. The molecule has 0 radical (unpaired) electrons. The fourth-order valence-corrected chi connectivity index (χ4v) is 3.44. The molecule has 0 atom stereocenters. The lowest BCUT2D eigenvalue weighted by Gasteiger charge is -2.09. The Hall–Kier alpha value is -3.92. The van der Waals surface area contributed by atoms with Crippen LogP contribution in [-0.4, -0.2) is 0 Å². The second-order valence-corrected chi connectivity index (χ2v) is 6.70. The van der Waals surface area contributed by atoms with Gasteiger partial charge in [-0.05, 0) is 59.3 Å². The smallest absolute Gasteiger partial charge is 0.150 e. The normalized spacial score (nSPS) is 11.1. The van der Waals surface area contributed by atoms with Gasteiger partial charge in [-0.2, -0.15) is 0 Å². The van der Waals surface area contributed by atoms with Crippen LogP contribution < -0.4 is 16.2 Å². The fourth-order valence-electron chi connectivity index (χ4n) is 3.44. The molecule has 0 unspecified atom stereocenters. The predicted molar refractivity (Wildman–Crippen MR) is 115 cm³/mol. The van der Waals surface area contributed by atoms with E-state index in [-0.39, 0.29) is 0 Å². The first-order chi connectivity index (χ1) is 13.7. The molecule has 4 aromatic carbocycles. The number of anilines is 2. The monoisotopic (exact) mass is 366 g/mol. The number of hydrogen-bond acceptors (Lipinski definition) is 4. The molecule has 0 saturated carbocycles. The van der Waals surface area contributed by atoms with Crippen molar-refractivity contribution >= 4 is 44.1 Å². The highest BCUT2D eigenvalue weighted by atomic mass is 16.5. The summed E-state index contributed by atoms with van der Waals surface area (Å²) >= 11 is 0. The van der Waals surface area contributed by atoms with E-state index in [1.165, 1.54) is 0 Å². The van der Waals surface area contributed by atoms with Crippen molar-refractivity contribution in [2.24, 2.45) is 0 Å². The summed E-state index contributed by atoms with van der Waals surface area (Å²) in [6, 6.07) is 27.1. The van der Waals surface area contributed by atoms with E-state index in [0.717, 1.165) is 27.3 Å². The molecule has 1 heterocycles. The second-order valence-electron chi connectivity index (χ2n) is 6.70. The van der Waals surface area contributed by atoms with Crippen molar-refractivity contribution in [3.63, 3.8) is 0 Å². The molecule has 136 valence electrons. The third kappa shape index (κ3) is 2.72. The zero-order valence-corrected chi connectivity index (χ0v) is 15.1. The SMILES string of the molecule is Nc1ccc2cc1oc1cccc(Oc3ccccc3)c1c1cc2ccc1N. The van der Waals surface area contributed by atoms with Crippen LogP contribution in [0.2, 0.25) is 0 Å². The minimum Gasteiger partial charge on any atom is -0.457 e. The molecule has 4 nitrogen and oxygen atoms in total. The molecule has 5 aromatic rings. The first kappa shape index (κ1) is 16.3. The molecule has 0 aliphatic carbocycles. The summed E-state index contributed by atoms with van der Waals surface area (Å²) in [5.74, 6) is 1.41. The summed E-state index contributed by atoms with van der Waals surface area (Å²) in [5.41, 5.74) is 15.0. The highest BCUT2D eigenvalue weighted by Crippen LogP contribution is 2.37. The fraction of sp³-hybridized carbons (Fsp3) is 0. The van der Waals surface area contributed by atoms with Gasteiger partial charge in [0.05, 0.1) is 11.1 Å². The van der Waals surface area contributed by atoms with Crippen LogP contribution in [-0.2, 0) is 0 Å². The van der Waals surface area contributed by atoms with Gasteiger partial charge in [-0.25, -0.2) is 0 Å². The maximum atomic E-state index is 6.36. The molecule has 0 spiro atoms. The highest BCUT2D eigenvalue weighted by Gasteiger charge is 2.10. The van der Waals surface area contributed by atoms with Crippen LogP contribution >= 0.6 is 0 Å².